The molecule has 74 valence electrons. The highest BCUT2D eigenvalue weighted by Crippen LogP contribution is 2.28. The number of esters is 1. The van der Waals surface area contributed by atoms with E-state index in [1.54, 1.807) is 6.08 Å². The molecule has 0 spiro atoms. The SMILES string of the molecule is COC(=O)C(Br)C1CC=CC(F)C1. The van der Waals surface area contributed by atoms with E-state index < -0.39 is 6.17 Å². The van der Waals surface area contributed by atoms with Gasteiger partial charge < -0.3 is 4.74 Å². The Hall–Kier alpha value is -0.380. The number of methoxy groups -OCH3 is 1. The summed E-state index contributed by atoms with van der Waals surface area (Å²) in [6, 6.07) is 0. The lowest BCUT2D eigenvalue weighted by Crippen LogP contribution is -2.28. The van der Waals surface area contributed by atoms with Crippen LogP contribution < -0.4 is 0 Å². The Balaban J connectivity index is 2.52. The number of hydrogen-bond donors (Lipinski definition) is 0. The van der Waals surface area contributed by atoms with Gasteiger partial charge in [0.15, 0.2) is 0 Å². The number of halogens is 2. The van der Waals surface area contributed by atoms with E-state index >= 15 is 0 Å². The summed E-state index contributed by atoms with van der Waals surface area (Å²) >= 11 is 3.22. The highest BCUT2D eigenvalue weighted by molar-refractivity contribution is 9.10. The molecule has 1 aliphatic carbocycles. The van der Waals surface area contributed by atoms with Crippen molar-refractivity contribution in [2.24, 2.45) is 5.92 Å². The van der Waals surface area contributed by atoms with Crippen LogP contribution in [0.15, 0.2) is 12.2 Å². The van der Waals surface area contributed by atoms with Crippen molar-refractivity contribution in [3.8, 4) is 0 Å². The van der Waals surface area contributed by atoms with Crippen LogP contribution in [0.2, 0.25) is 0 Å². The van der Waals surface area contributed by atoms with Gasteiger partial charge in [0.1, 0.15) is 11.0 Å². The molecule has 2 nitrogen and oxygen atoms in total. The Morgan fingerprint density at radius 1 is 1.77 bits per heavy atom. The topological polar surface area (TPSA) is 26.3 Å². The second kappa shape index (κ2) is 4.74. The van der Waals surface area contributed by atoms with Gasteiger partial charge in [0.2, 0.25) is 0 Å². The molecule has 0 bridgehead atoms. The van der Waals surface area contributed by atoms with Gasteiger partial charge in [-0.05, 0) is 18.8 Å². The monoisotopic (exact) mass is 250 g/mol. The van der Waals surface area contributed by atoms with Gasteiger partial charge >= 0.3 is 5.97 Å². The molecular formula is C9H12BrFO2. The summed E-state index contributed by atoms with van der Waals surface area (Å²) in [5.41, 5.74) is 0. The summed E-state index contributed by atoms with van der Waals surface area (Å²) in [6.07, 6.45) is 3.50. The molecule has 13 heavy (non-hydrogen) atoms. The first-order valence-corrected chi connectivity index (χ1v) is 5.09. The van der Waals surface area contributed by atoms with Crippen LogP contribution in [0, 0.1) is 5.92 Å². The average Bonchev–Trinajstić information content (AvgIpc) is 2.15. The summed E-state index contributed by atoms with van der Waals surface area (Å²) in [4.78, 5) is 10.7. The van der Waals surface area contributed by atoms with Crippen LogP contribution in [0.3, 0.4) is 0 Å². The largest absolute Gasteiger partial charge is 0.468 e. The Bertz CT molecular complexity index is 218. The fourth-order valence-corrected chi connectivity index (χ4v) is 2.03. The summed E-state index contributed by atoms with van der Waals surface area (Å²) in [5, 5.41) is 0. The smallest absolute Gasteiger partial charge is 0.319 e. The molecule has 0 aromatic heterocycles. The van der Waals surface area contributed by atoms with E-state index in [4.69, 9.17) is 0 Å². The Morgan fingerprint density at radius 2 is 2.46 bits per heavy atom. The van der Waals surface area contributed by atoms with Crippen LogP contribution in [-0.4, -0.2) is 24.1 Å². The molecule has 3 atom stereocenters. The number of carbonyl (C=O) groups is 1. The molecule has 3 unspecified atom stereocenters. The van der Waals surface area contributed by atoms with Crippen molar-refractivity contribution >= 4 is 21.9 Å². The second-order valence-electron chi connectivity index (χ2n) is 3.10. The number of allylic oxidation sites excluding steroid dienone is 2. The lowest BCUT2D eigenvalue weighted by Gasteiger charge is -2.23. The number of rotatable bonds is 2. The molecule has 0 aliphatic heterocycles. The molecule has 0 N–H and O–H groups in total. The van der Waals surface area contributed by atoms with Crippen LogP contribution in [0.5, 0.6) is 0 Å². The molecule has 0 radical (unpaired) electrons. The number of hydrogen-bond acceptors (Lipinski definition) is 2. The average molecular weight is 251 g/mol. The summed E-state index contributed by atoms with van der Waals surface area (Å²) < 4.78 is 17.5. The number of alkyl halides is 2. The van der Waals surface area contributed by atoms with E-state index in [1.807, 2.05) is 0 Å². The maximum absolute atomic E-state index is 12.9. The van der Waals surface area contributed by atoms with Crippen molar-refractivity contribution in [1.82, 2.24) is 0 Å². The third-order valence-electron chi connectivity index (χ3n) is 2.15. The lowest BCUT2D eigenvalue weighted by atomic mass is 9.90. The standard InChI is InChI=1S/C9H12BrFO2/c1-13-9(12)8(10)6-3-2-4-7(11)5-6/h2,4,6-8H,3,5H2,1H3. The zero-order chi connectivity index (χ0) is 9.84. The third kappa shape index (κ3) is 2.79. The van der Waals surface area contributed by atoms with Crippen LogP contribution in [0.4, 0.5) is 4.39 Å². The molecule has 0 heterocycles. The van der Waals surface area contributed by atoms with Gasteiger partial charge in [-0.2, -0.15) is 0 Å². The molecular weight excluding hydrogens is 239 g/mol. The predicted octanol–water partition coefficient (Wildman–Crippen LogP) is 2.23. The quantitative estimate of drug-likeness (QED) is 0.427. The lowest BCUT2D eigenvalue weighted by molar-refractivity contribution is -0.140. The summed E-state index contributed by atoms with van der Waals surface area (Å²) in [7, 11) is 1.34. The minimum absolute atomic E-state index is 0.00690. The number of ether oxygens (including phenoxy) is 1. The first kappa shape index (κ1) is 10.7. The van der Waals surface area contributed by atoms with Crippen LogP contribution >= 0.6 is 15.9 Å². The second-order valence-corrected chi connectivity index (χ2v) is 4.09. The zero-order valence-corrected chi connectivity index (χ0v) is 8.96. The van der Waals surface area contributed by atoms with Crippen LogP contribution in [0.1, 0.15) is 12.8 Å². The molecule has 0 fully saturated rings. The molecule has 0 saturated carbocycles. The Kier molecular flexibility index (Phi) is 3.90. The number of carbonyl (C=O) groups excluding carboxylic acids is 1. The normalized spacial score (nSPS) is 29.8. The molecule has 0 aromatic carbocycles. The van der Waals surface area contributed by atoms with Gasteiger partial charge in [-0.25, -0.2) is 4.39 Å². The van der Waals surface area contributed by atoms with E-state index in [1.165, 1.54) is 13.2 Å². The maximum Gasteiger partial charge on any atom is 0.319 e. The third-order valence-corrected chi connectivity index (χ3v) is 3.27. The molecule has 0 saturated heterocycles. The first-order chi connectivity index (χ1) is 6.15. The molecule has 1 aliphatic rings. The Morgan fingerprint density at radius 3 is 3.00 bits per heavy atom. The van der Waals surface area contributed by atoms with Crippen molar-refractivity contribution < 1.29 is 13.9 Å². The highest BCUT2D eigenvalue weighted by atomic mass is 79.9. The summed E-state index contributed by atoms with van der Waals surface area (Å²) in [5.74, 6) is -0.319. The highest BCUT2D eigenvalue weighted by Gasteiger charge is 2.29. The van der Waals surface area contributed by atoms with E-state index in [-0.39, 0.29) is 16.7 Å². The van der Waals surface area contributed by atoms with E-state index in [0.29, 0.717) is 6.42 Å². The van der Waals surface area contributed by atoms with Gasteiger partial charge in [-0.3, -0.25) is 4.79 Å². The van der Waals surface area contributed by atoms with Gasteiger partial charge in [0, 0.05) is 0 Å². The molecule has 0 aromatic rings. The van der Waals surface area contributed by atoms with Crippen LogP contribution in [-0.2, 0) is 9.53 Å². The van der Waals surface area contributed by atoms with Crippen molar-refractivity contribution in [3.05, 3.63) is 12.2 Å². The first-order valence-electron chi connectivity index (χ1n) is 4.17. The van der Waals surface area contributed by atoms with Gasteiger partial charge in [-0.1, -0.05) is 28.1 Å². The van der Waals surface area contributed by atoms with Gasteiger partial charge in [-0.15, -0.1) is 0 Å². The van der Waals surface area contributed by atoms with Crippen molar-refractivity contribution in [2.45, 2.75) is 23.8 Å². The fraction of sp³-hybridized carbons (Fsp3) is 0.667. The van der Waals surface area contributed by atoms with Crippen molar-refractivity contribution in [3.63, 3.8) is 0 Å². The maximum atomic E-state index is 12.9. The van der Waals surface area contributed by atoms with Crippen molar-refractivity contribution in [1.29, 1.82) is 0 Å². The van der Waals surface area contributed by atoms with Crippen molar-refractivity contribution in [2.75, 3.05) is 7.11 Å². The molecule has 1 rings (SSSR count). The zero-order valence-electron chi connectivity index (χ0n) is 7.37. The summed E-state index contributed by atoms with van der Waals surface area (Å²) in [6.45, 7) is 0. The predicted molar refractivity (Wildman–Crippen MR) is 51.5 cm³/mol. The van der Waals surface area contributed by atoms with E-state index in [0.717, 1.165) is 6.42 Å². The molecule has 4 heteroatoms. The molecule has 0 amide bonds. The van der Waals surface area contributed by atoms with E-state index in [9.17, 15) is 9.18 Å². The van der Waals surface area contributed by atoms with E-state index in [2.05, 4.69) is 20.7 Å². The Labute approximate surface area is 85.3 Å². The van der Waals surface area contributed by atoms with Crippen LogP contribution in [0.25, 0.3) is 0 Å². The van der Waals surface area contributed by atoms with Gasteiger partial charge in [0.25, 0.3) is 0 Å². The van der Waals surface area contributed by atoms with Gasteiger partial charge in [0.05, 0.1) is 7.11 Å². The minimum atomic E-state index is -0.927. The minimum Gasteiger partial charge on any atom is -0.468 e. The fourth-order valence-electron chi connectivity index (χ4n) is 1.41.